The maximum atomic E-state index is 11.0. The van der Waals surface area contributed by atoms with E-state index in [4.69, 9.17) is 27.0 Å². The third-order valence-electron chi connectivity index (χ3n) is 1.52. The molecule has 0 fully saturated rings. The van der Waals surface area contributed by atoms with E-state index < -0.39 is 9.05 Å². The molecule has 0 saturated heterocycles. The van der Waals surface area contributed by atoms with Crippen molar-refractivity contribution in [3.63, 3.8) is 0 Å². The minimum Gasteiger partial charge on any atom is -0.380 e. The smallest absolute Gasteiger partial charge is 0.261 e. The van der Waals surface area contributed by atoms with Crippen molar-refractivity contribution in [3.05, 3.63) is 28.8 Å². The third kappa shape index (κ3) is 3.13. The Morgan fingerprint density at radius 2 is 2.00 bits per heavy atom. The van der Waals surface area contributed by atoms with Crippen LogP contribution >= 0.6 is 22.3 Å². The summed E-state index contributed by atoms with van der Waals surface area (Å²) in [5.41, 5.74) is 0.666. The standard InChI is InChI=1S/C8H8Cl2O3S/c1-13-5-6-2-7(9)4-8(3-6)14(10,11)12/h2-4H,5H2,1H3. The molecule has 0 spiro atoms. The fourth-order valence-electron chi connectivity index (χ4n) is 1.01. The van der Waals surface area contributed by atoms with E-state index in [-0.39, 0.29) is 4.90 Å². The summed E-state index contributed by atoms with van der Waals surface area (Å²) in [6.07, 6.45) is 0. The first-order valence-corrected chi connectivity index (χ1v) is 6.35. The van der Waals surface area contributed by atoms with Crippen molar-refractivity contribution >= 4 is 31.3 Å². The zero-order valence-electron chi connectivity index (χ0n) is 7.33. The Labute approximate surface area is 92.0 Å². The number of benzene rings is 1. The van der Waals surface area contributed by atoms with Crippen LogP contribution in [0.1, 0.15) is 5.56 Å². The van der Waals surface area contributed by atoms with Crippen molar-refractivity contribution in [2.75, 3.05) is 7.11 Å². The molecule has 6 heteroatoms. The normalized spacial score (nSPS) is 11.6. The fraction of sp³-hybridized carbons (Fsp3) is 0.250. The molecule has 0 amide bonds. The second kappa shape index (κ2) is 4.49. The molecule has 3 nitrogen and oxygen atoms in total. The van der Waals surface area contributed by atoms with Crippen LogP contribution in [0.4, 0.5) is 0 Å². The van der Waals surface area contributed by atoms with Gasteiger partial charge >= 0.3 is 0 Å². The summed E-state index contributed by atoms with van der Waals surface area (Å²) in [6.45, 7) is 0.292. The van der Waals surface area contributed by atoms with Gasteiger partial charge in [-0.3, -0.25) is 0 Å². The summed E-state index contributed by atoms with van der Waals surface area (Å²) in [5.74, 6) is 0. The van der Waals surface area contributed by atoms with Gasteiger partial charge in [-0.1, -0.05) is 11.6 Å². The highest BCUT2D eigenvalue weighted by molar-refractivity contribution is 8.13. The predicted molar refractivity (Wildman–Crippen MR) is 55.2 cm³/mol. The maximum Gasteiger partial charge on any atom is 0.261 e. The zero-order chi connectivity index (χ0) is 10.8. The van der Waals surface area contributed by atoms with Crippen LogP contribution < -0.4 is 0 Å². The van der Waals surface area contributed by atoms with Crippen molar-refractivity contribution in [2.24, 2.45) is 0 Å². The quantitative estimate of drug-likeness (QED) is 0.779. The minimum absolute atomic E-state index is 0.0151. The number of hydrogen-bond donors (Lipinski definition) is 0. The molecule has 1 aromatic rings. The number of hydrogen-bond acceptors (Lipinski definition) is 3. The number of methoxy groups -OCH3 is 1. The summed E-state index contributed by atoms with van der Waals surface area (Å²) in [5, 5.41) is 0.318. The average molecular weight is 255 g/mol. The molecule has 0 N–H and O–H groups in total. The monoisotopic (exact) mass is 254 g/mol. The van der Waals surface area contributed by atoms with Gasteiger partial charge in [0.15, 0.2) is 0 Å². The van der Waals surface area contributed by atoms with Gasteiger partial charge in [-0.2, -0.15) is 0 Å². The van der Waals surface area contributed by atoms with E-state index in [2.05, 4.69) is 0 Å². The molecule has 0 aromatic heterocycles. The first-order chi connectivity index (χ1) is 6.43. The number of ether oxygens (including phenoxy) is 1. The van der Waals surface area contributed by atoms with Crippen molar-refractivity contribution < 1.29 is 13.2 Å². The lowest BCUT2D eigenvalue weighted by Gasteiger charge is -2.03. The van der Waals surface area contributed by atoms with Gasteiger partial charge < -0.3 is 4.74 Å². The first kappa shape index (κ1) is 11.8. The van der Waals surface area contributed by atoms with Gasteiger partial charge in [-0.05, 0) is 23.8 Å². The van der Waals surface area contributed by atoms with Crippen LogP contribution in [-0.4, -0.2) is 15.5 Å². The molecule has 0 atom stereocenters. The number of rotatable bonds is 3. The first-order valence-electron chi connectivity index (χ1n) is 3.66. The molecule has 0 saturated carbocycles. The van der Waals surface area contributed by atoms with E-state index >= 15 is 0 Å². The molecule has 0 bridgehead atoms. The largest absolute Gasteiger partial charge is 0.380 e. The lowest BCUT2D eigenvalue weighted by molar-refractivity contribution is 0.184. The van der Waals surface area contributed by atoms with Crippen LogP contribution in [0, 0.1) is 0 Å². The van der Waals surface area contributed by atoms with Crippen molar-refractivity contribution in [3.8, 4) is 0 Å². The summed E-state index contributed by atoms with van der Waals surface area (Å²) >= 11 is 5.71. The molecule has 0 aliphatic carbocycles. The maximum absolute atomic E-state index is 11.0. The molecule has 1 rings (SSSR count). The second-order valence-electron chi connectivity index (χ2n) is 2.67. The Kier molecular flexibility index (Phi) is 3.78. The van der Waals surface area contributed by atoms with Gasteiger partial charge in [0.05, 0.1) is 11.5 Å². The Bertz CT molecular complexity index is 428. The van der Waals surface area contributed by atoms with Crippen LogP contribution in [-0.2, 0) is 20.4 Å². The Balaban J connectivity index is 3.21. The highest BCUT2D eigenvalue weighted by Gasteiger charge is 2.11. The number of halogens is 2. The predicted octanol–water partition coefficient (Wildman–Crippen LogP) is 2.41. The van der Waals surface area contributed by atoms with Gasteiger partial charge in [0, 0.05) is 22.8 Å². The summed E-state index contributed by atoms with van der Waals surface area (Å²) in [6, 6.07) is 4.34. The van der Waals surface area contributed by atoms with E-state index in [1.165, 1.54) is 19.2 Å². The summed E-state index contributed by atoms with van der Waals surface area (Å²) in [4.78, 5) is -0.0151. The molecule has 0 radical (unpaired) electrons. The van der Waals surface area contributed by atoms with E-state index in [0.717, 1.165) is 0 Å². The van der Waals surface area contributed by atoms with Crippen molar-refractivity contribution in [1.29, 1.82) is 0 Å². The topological polar surface area (TPSA) is 43.4 Å². The average Bonchev–Trinajstić information content (AvgIpc) is 2.02. The van der Waals surface area contributed by atoms with E-state index in [1.54, 1.807) is 6.07 Å². The van der Waals surface area contributed by atoms with Crippen LogP contribution in [0.3, 0.4) is 0 Å². The van der Waals surface area contributed by atoms with Crippen molar-refractivity contribution in [2.45, 2.75) is 11.5 Å². The van der Waals surface area contributed by atoms with Crippen LogP contribution in [0.15, 0.2) is 23.1 Å². The van der Waals surface area contributed by atoms with Gasteiger partial charge in [0.2, 0.25) is 0 Å². The minimum atomic E-state index is -3.73. The molecule has 0 aliphatic rings. The van der Waals surface area contributed by atoms with E-state index in [1.807, 2.05) is 0 Å². The zero-order valence-corrected chi connectivity index (χ0v) is 9.66. The van der Waals surface area contributed by atoms with E-state index in [0.29, 0.717) is 17.2 Å². The van der Waals surface area contributed by atoms with Crippen molar-refractivity contribution in [1.82, 2.24) is 0 Å². The molecule has 0 aliphatic heterocycles. The van der Waals surface area contributed by atoms with Crippen LogP contribution in [0.5, 0.6) is 0 Å². The van der Waals surface area contributed by atoms with E-state index in [9.17, 15) is 8.42 Å². The second-order valence-corrected chi connectivity index (χ2v) is 5.67. The SMILES string of the molecule is COCc1cc(Cl)cc(S(=O)(=O)Cl)c1. The molecular weight excluding hydrogens is 247 g/mol. The summed E-state index contributed by atoms with van der Waals surface area (Å²) < 4.78 is 26.9. The Morgan fingerprint density at radius 3 is 2.50 bits per heavy atom. The van der Waals surface area contributed by atoms with Crippen LogP contribution in [0.2, 0.25) is 5.02 Å². The molecular formula is C8H8Cl2O3S. The van der Waals surface area contributed by atoms with Gasteiger partial charge in [0.25, 0.3) is 9.05 Å². The lowest BCUT2D eigenvalue weighted by atomic mass is 10.2. The van der Waals surface area contributed by atoms with Gasteiger partial charge in [0.1, 0.15) is 0 Å². The van der Waals surface area contributed by atoms with Gasteiger partial charge in [-0.15, -0.1) is 0 Å². The third-order valence-corrected chi connectivity index (χ3v) is 3.08. The highest BCUT2D eigenvalue weighted by Crippen LogP contribution is 2.22. The molecule has 78 valence electrons. The lowest BCUT2D eigenvalue weighted by Crippen LogP contribution is -1.94. The summed E-state index contributed by atoms with van der Waals surface area (Å²) in [7, 11) is 2.95. The molecule has 0 unspecified atom stereocenters. The fourth-order valence-corrected chi connectivity index (χ4v) is 2.16. The molecule has 0 heterocycles. The van der Waals surface area contributed by atoms with Crippen LogP contribution in [0.25, 0.3) is 0 Å². The Hall–Kier alpha value is -0.290. The highest BCUT2D eigenvalue weighted by atomic mass is 35.7. The van der Waals surface area contributed by atoms with Gasteiger partial charge in [-0.25, -0.2) is 8.42 Å². The Morgan fingerprint density at radius 1 is 1.36 bits per heavy atom. The molecule has 14 heavy (non-hydrogen) atoms. The molecule has 1 aromatic carbocycles.